The molecule has 6 nitrogen and oxygen atoms in total. The van der Waals surface area contributed by atoms with Crippen molar-refractivity contribution in [1.82, 2.24) is 10.6 Å². The average Bonchev–Trinajstić information content (AvgIpc) is 2.92. The number of nitrogens with zero attached hydrogens (tertiary/aromatic N) is 1. The summed E-state index contributed by atoms with van der Waals surface area (Å²) in [7, 11) is 0. The summed E-state index contributed by atoms with van der Waals surface area (Å²) in [6.07, 6.45) is 6.29. The molecule has 188 valence electrons. The maximum absolute atomic E-state index is 13.1. The van der Waals surface area contributed by atoms with Gasteiger partial charge < -0.3 is 20.3 Å². The third-order valence-corrected chi connectivity index (χ3v) is 7.99. The van der Waals surface area contributed by atoms with E-state index in [2.05, 4.69) is 39.8 Å². The molecule has 1 aliphatic heterocycles. The average molecular weight is 496 g/mol. The second-order valence-electron chi connectivity index (χ2n) is 9.48. The van der Waals surface area contributed by atoms with E-state index < -0.39 is 0 Å². The summed E-state index contributed by atoms with van der Waals surface area (Å²) >= 11 is 1.42. The molecule has 2 aromatic rings. The van der Waals surface area contributed by atoms with Crippen LogP contribution in [0.25, 0.3) is 0 Å². The smallest absolute Gasteiger partial charge is 0.252 e. The number of carbonyl (C=O) groups is 2. The normalized spacial score (nSPS) is 17.6. The van der Waals surface area contributed by atoms with Gasteiger partial charge in [0.2, 0.25) is 5.91 Å². The lowest BCUT2D eigenvalue weighted by molar-refractivity contribution is -0.118. The monoisotopic (exact) mass is 495 g/mol. The van der Waals surface area contributed by atoms with Gasteiger partial charge in [-0.2, -0.15) is 0 Å². The summed E-state index contributed by atoms with van der Waals surface area (Å²) in [4.78, 5) is 28.6. The van der Waals surface area contributed by atoms with Gasteiger partial charge in [-0.25, -0.2) is 0 Å². The van der Waals surface area contributed by atoms with E-state index in [4.69, 9.17) is 4.74 Å². The first-order valence-corrected chi connectivity index (χ1v) is 13.8. The zero-order chi connectivity index (χ0) is 24.5. The number of amides is 2. The molecule has 2 aromatic carbocycles. The molecule has 1 aliphatic carbocycles. The predicted octanol–water partition coefficient (Wildman–Crippen LogP) is 4.80. The van der Waals surface area contributed by atoms with Crippen LogP contribution in [0.5, 0.6) is 0 Å². The van der Waals surface area contributed by atoms with Gasteiger partial charge in [-0.15, -0.1) is 11.8 Å². The van der Waals surface area contributed by atoms with Crippen molar-refractivity contribution in [1.29, 1.82) is 0 Å². The first kappa shape index (κ1) is 25.6. The highest BCUT2D eigenvalue weighted by atomic mass is 32.2. The van der Waals surface area contributed by atoms with E-state index in [9.17, 15) is 9.59 Å². The Kier molecular flexibility index (Phi) is 9.49. The fraction of sp³-hybridized carbons (Fsp3) is 0.500. The maximum Gasteiger partial charge on any atom is 0.252 e. The molecule has 2 fully saturated rings. The molecule has 1 atom stereocenters. The molecule has 0 radical (unpaired) electrons. The van der Waals surface area contributed by atoms with Gasteiger partial charge in [0.15, 0.2) is 0 Å². The number of hydrogen-bond acceptors (Lipinski definition) is 5. The highest BCUT2D eigenvalue weighted by molar-refractivity contribution is 8.00. The van der Waals surface area contributed by atoms with Crippen LogP contribution in [0, 0.1) is 5.92 Å². The first-order valence-electron chi connectivity index (χ1n) is 12.8. The molecule has 1 heterocycles. The Labute approximate surface area is 213 Å². The molecular formula is C28H37N3O3S. The Morgan fingerprint density at radius 3 is 2.49 bits per heavy atom. The highest BCUT2D eigenvalue weighted by Gasteiger charge is 2.18. The van der Waals surface area contributed by atoms with Gasteiger partial charge in [-0.1, -0.05) is 43.5 Å². The quantitative estimate of drug-likeness (QED) is 0.489. The summed E-state index contributed by atoms with van der Waals surface area (Å²) in [6.45, 7) is 6.08. The van der Waals surface area contributed by atoms with Crippen LogP contribution < -0.4 is 15.5 Å². The summed E-state index contributed by atoms with van der Waals surface area (Å²) in [5.74, 6) is 0.834. The molecule has 0 spiro atoms. The largest absolute Gasteiger partial charge is 0.378 e. The Bertz CT molecular complexity index is 970. The number of morpholine rings is 1. The summed E-state index contributed by atoms with van der Waals surface area (Å²) in [5.41, 5.74) is 2.84. The number of hydrogen-bond donors (Lipinski definition) is 2. The molecular weight excluding hydrogens is 458 g/mol. The minimum absolute atomic E-state index is 0.0320. The summed E-state index contributed by atoms with van der Waals surface area (Å²) in [5, 5.41) is 6.20. The summed E-state index contributed by atoms with van der Waals surface area (Å²) < 4.78 is 5.43. The van der Waals surface area contributed by atoms with Crippen molar-refractivity contribution in [3.8, 4) is 0 Å². The van der Waals surface area contributed by atoms with Crippen molar-refractivity contribution >= 4 is 29.3 Å². The standard InChI is InChI=1S/C28H37N3O3S/c1-21(23-11-13-24(14-12-23)31-15-17-34-18-16-31)30-28(33)25-9-5-6-10-26(25)35-20-27(32)29-19-22-7-3-2-4-8-22/h5-6,9-14,21-22H,2-4,7-8,15-20H2,1H3,(H,29,32)(H,30,33). The molecule has 2 aliphatic rings. The second kappa shape index (κ2) is 13.0. The number of carbonyl (C=O) groups excluding carboxylic acids is 2. The second-order valence-corrected chi connectivity index (χ2v) is 10.5. The lowest BCUT2D eigenvalue weighted by Gasteiger charge is -2.29. The van der Waals surface area contributed by atoms with E-state index >= 15 is 0 Å². The van der Waals surface area contributed by atoms with Gasteiger partial charge in [0.25, 0.3) is 5.91 Å². The maximum atomic E-state index is 13.1. The van der Waals surface area contributed by atoms with Gasteiger partial charge in [0, 0.05) is 30.2 Å². The van der Waals surface area contributed by atoms with E-state index in [-0.39, 0.29) is 17.9 Å². The zero-order valence-electron chi connectivity index (χ0n) is 20.6. The Balaban J connectivity index is 1.29. The number of anilines is 1. The highest BCUT2D eigenvalue weighted by Crippen LogP contribution is 2.25. The van der Waals surface area contributed by atoms with Crippen molar-refractivity contribution in [2.24, 2.45) is 5.92 Å². The van der Waals surface area contributed by atoms with Gasteiger partial charge in [-0.05, 0) is 55.5 Å². The lowest BCUT2D eigenvalue weighted by atomic mass is 9.89. The van der Waals surface area contributed by atoms with Crippen LogP contribution in [-0.4, -0.2) is 50.4 Å². The van der Waals surface area contributed by atoms with Crippen LogP contribution in [-0.2, 0) is 9.53 Å². The van der Waals surface area contributed by atoms with E-state index in [1.165, 1.54) is 49.6 Å². The van der Waals surface area contributed by atoms with Gasteiger partial charge in [0.05, 0.1) is 30.6 Å². The Morgan fingerprint density at radius 2 is 1.74 bits per heavy atom. The van der Waals surface area contributed by atoms with Crippen LogP contribution in [0.15, 0.2) is 53.4 Å². The molecule has 1 unspecified atom stereocenters. The van der Waals surface area contributed by atoms with E-state index in [1.54, 1.807) is 0 Å². The Hall–Kier alpha value is -2.51. The van der Waals surface area contributed by atoms with Crippen LogP contribution >= 0.6 is 11.8 Å². The molecule has 35 heavy (non-hydrogen) atoms. The number of benzene rings is 2. The molecule has 0 aromatic heterocycles. The van der Waals surface area contributed by atoms with E-state index in [1.807, 2.05) is 31.2 Å². The van der Waals surface area contributed by atoms with Gasteiger partial charge >= 0.3 is 0 Å². The van der Waals surface area contributed by atoms with Crippen molar-refractivity contribution in [2.45, 2.75) is 50.0 Å². The third-order valence-electron chi connectivity index (χ3n) is 6.92. The third kappa shape index (κ3) is 7.48. The molecule has 2 amide bonds. The molecule has 0 bridgehead atoms. The molecule has 7 heteroatoms. The van der Waals surface area contributed by atoms with E-state index in [0.717, 1.165) is 43.3 Å². The van der Waals surface area contributed by atoms with Crippen molar-refractivity contribution < 1.29 is 14.3 Å². The number of nitrogens with one attached hydrogen (secondary N) is 2. The SMILES string of the molecule is CC(NC(=O)c1ccccc1SCC(=O)NCC1CCCCC1)c1ccc(N2CCOCC2)cc1. The number of thioether (sulfide) groups is 1. The Morgan fingerprint density at radius 1 is 1.03 bits per heavy atom. The minimum atomic E-state index is -0.127. The summed E-state index contributed by atoms with van der Waals surface area (Å²) in [6, 6.07) is 15.8. The molecule has 1 saturated carbocycles. The predicted molar refractivity (Wildman–Crippen MR) is 142 cm³/mol. The van der Waals surface area contributed by atoms with Crippen LogP contribution in [0.3, 0.4) is 0 Å². The first-order chi connectivity index (χ1) is 17.1. The van der Waals surface area contributed by atoms with Crippen LogP contribution in [0.2, 0.25) is 0 Å². The van der Waals surface area contributed by atoms with Gasteiger partial charge in [-0.3, -0.25) is 9.59 Å². The van der Waals surface area contributed by atoms with Crippen molar-refractivity contribution in [3.63, 3.8) is 0 Å². The molecule has 2 N–H and O–H groups in total. The molecule has 1 saturated heterocycles. The zero-order valence-corrected chi connectivity index (χ0v) is 21.4. The topological polar surface area (TPSA) is 70.7 Å². The van der Waals surface area contributed by atoms with Crippen molar-refractivity contribution in [3.05, 3.63) is 59.7 Å². The lowest BCUT2D eigenvalue weighted by Crippen LogP contribution is -2.36. The van der Waals surface area contributed by atoms with E-state index in [0.29, 0.717) is 17.2 Å². The fourth-order valence-electron chi connectivity index (χ4n) is 4.78. The van der Waals surface area contributed by atoms with Gasteiger partial charge in [0.1, 0.15) is 0 Å². The minimum Gasteiger partial charge on any atom is -0.378 e. The van der Waals surface area contributed by atoms with Crippen LogP contribution in [0.1, 0.15) is 61.0 Å². The number of ether oxygens (including phenoxy) is 1. The van der Waals surface area contributed by atoms with Crippen molar-refractivity contribution in [2.75, 3.05) is 43.5 Å². The van der Waals surface area contributed by atoms with Crippen LogP contribution in [0.4, 0.5) is 5.69 Å². The fourth-order valence-corrected chi connectivity index (χ4v) is 5.66. The molecule has 4 rings (SSSR count). The number of rotatable bonds is 9.